The topological polar surface area (TPSA) is 91.6 Å². The van der Waals surface area contributed by atoms with Crippen molar-refractivity contribution < 1.29 is 32.4 Å². The van der Waals surface area contributed by atoms with Crippen LogP contribution in [0.25, 0.3) is 0 Å². The number of halogens is 4. The first-order valence-corrected chi connectivity index (χ1v) is 6.47. The molecule has 0 unspecified atom stereocenters. The number of nitro groups is 1. The molecule has 0 aromatic carbocycles. The van der Waals surface area contributed by atoms with E-state index in [9.17, 15) is 28.1 Å². The van der Waals surface area contributed by atoms with Gasteiger partial charge in [0, 0.05) is 6.07 Å². The number of carbonyl (C=O) groups excluding carboxylic acids is 1. The second-order valence-electron chi connectivity index (χ2n) is 3.53. The first-order valence-electron chi connectivity index (χ1n) is 5.39. The summed E-state index contributed by atoms with van der Waals surface area (Å²) in [6, 6.07) is 0.765. The van der Waals surface area contributed by atoms with Crippen LogP contribution < -0.4 is 4.74 Å². The lowest BCUT2D eigenvalue weighted by molar-refractivity contribution is -0.389. The molecule has 0 aliphatic heterocycles. The van der Waals surface area contributed by atoms with Crippen LogP contribution in [-0.4, -0.2) is 28.8 Å². The molecule has 7 nitrogen and oxygen atoms in total. The average Bonchev–Trinajstić information content (AvgIpc) is 2.24. The highest BCUT2D eigenvalue weighted by atomic mass is 127. The Morgan fingerprint density at radius 2 is 2.14 bits per heavy atom. The zero-order valence-corrected chi connectivity index (χ0v) is 12.6. The number of pyridine rings is 1. The summed E-state index contributed by atoms with van der Waals surface area (Å²) in [5.74, 6) is -1.86. The number of rotatable bonds is 5. The molecule has 0 fully saturated rings. The quantitative estimate of drug-likeness (QED) is 0.239. The minimum atomic E-state index is -5.10. The molecule has 1 rings (SSSR count). The van der Waals surface area contributed by atoms with Crippen molar-refractivity contribution >= 4 is 34.2 Å². The van der Waals surface area contributed by atoms with E-state index in [0.29, 0.717) is 0 Å². The highest BCUT2D eigenvalue weighted by Gasteiger charge is 2.36. The lowest BCUT2D eigenvalue weighted by atomic mass is 10.2. The van der Waals surface area contributed by atoms with Gasteiger partial charge in [-0.3, -0.25) is 14.9 Å². The molecule has 11 heteroatoms. The predicted octanol–water partition coefficient (Wildman–Crippen LogP) is 2.60. The molecule has 0 spiro atoms. The lowest BCUT2D eigenvalue weighted by Crippen LogP contribution is -2.19. The highest BCUT2D eigenvalue weighted by Crippen LogP contribution is 2.35. The Bertz CT molecular complexity index is 564. The zero-order chi connectivity index (χ0) is 16.2. The van der Waals surface area contributed by atoms with E-state index in [0.717, 1.165) is 6.07 Å². The van der Waals surface area contributed by atoms with Gasteiger partial charge in [-0.15, -0.1) is 13.2 Å². The largest absolute Gasteiger partial charge is 0.573 e. The van der Waals surface area contributed by atoms with Crippen molar-refractivity contribution in [1.29, 1.82) is 0 Å². The van der Waals surface area contributed by atoms with E-state index in [1.165, 1.54) is 6.92 Å². The van der Waals surface area contributed by atoms with E-state index in [-0.39, 0.29) is 10.3 Å². The Labute approximate surface area is 129 Å². The molecule has 0 atom stereocenters. The van der Waals surface area contributed by atoms with Gasteiger partial charge in [-0.2, -0.15) is 0 Å². The normalized spacial score (nSPS) is 11.1. The molecule has 0 radical (unpaired) electrons. The molecule has 116 valence electrons. The van der Waals surface area contributed by atoms with Crippen LogP contribution in [0, 0.1) is 13.8 Å². The van der Waals surface area contributed by atoms with E-state index < -0.39 is 40.8 Å². The van der Waals surface area contributed by atoms with E-state index in [1.807, 2.05) is 0 Å². The van der Waals surface area contributed by atoms with Crippen LogP contribution in [0.5, 0.6) is 5.75 Å². The van der Waals surface area contributed by atoms with Crippen LogP contribution in [0.15, 0.2) is 6.07 Å². The van der Waals surface area contributed by atoms with Crippen molar-refractivity contribution in [3.63, 3.8) is 0 Å². The van der Waals surface area contributed by atoms with Gasteiger partial charge in [-0.25, -0.2) is 4.98 Å². The molecule has 0 saturated heterocycles. The number of nitrogens with zero attached hydrogens (tertiary/aromatic N) is 2. The van der Waals surface area contributed by atoms with Crippen LogP contribution in [-0.2, 0) is 16.0 Å². The van der Waals surface area contributed by atoms with Gasteiger partial charge in [0.1, 0.15) is 9.39 Å². The number of esters is 1. The van der Waals surface area contributed by atoms with Crippen LogP contribution in [0.3, 0.4) is 0 Å². The van der Waals surface area contributed by atoms with E-state index in [2.05, 4.69) is 14.5 Å². The van der Waals surface area contributed by atoms with Crippen LogP contribution >= 0.6 is 22.6 Å². The number of hydrogen-bond acceptors (Lipinski definition) is 6. The number of aromatic nitrogens is 1. The van der Waals surface area contributed by atoms with Gasteiger partial charge < -0.3 is 9.47 Å². The fraction of sp³-hybridized carbons (Fsp3) is 0.400. The maximum Gasteiger partial charge on any atom is 0.573 e. The lowest BCUT2D eigenvalue weighted by Gasteiger charge is -2.11. The fourth-order valence-corrected chi connectivity index (χ4v) is 1.98. The average molecular weight is 420 g/mol. The van der Waals surface area contributed by atoms with Gasteiger partial charge in [0.25, 0.3) is 0 Å². The maximum absolute atomic E-state index is 12.3. The van der Waals surface area contributed by atoms with Gasteiger partial charge in [0.2, 0.25) is 5.75 Å². The second-order valence-corrected chi connectivity index (χ2v) is 4.63. The van der Waals surface area contributed by atoms with Crippen molar-refractivity contribution in [2.24, 2.45) is 0 Å². The third kappa shape index (κ3) is 5.32. The molecule has 1 heterocycles. The first-order chi connectivity index (χ1) is 9.64. The summed E-state index contributed by atoms with van der Waals surface area (Å²) in [6.45, 7) is 1.55. The van der Waals surface area contributed by atoms with Crippen LogP contribution in [0.2, 0.25) is 0 Å². The molecule has 1 aromatic rings. The first kappa shape index (κ1) is 17.4. The Morgan fingerprint density at radius 3 is 2.62 bits per heavy atom. The molecule has 21 heavy (non-hydrogen) atoms. The summed E-state index contributed by atoms with van der Waals surface area (Å²) in [7, 11) is 0. The van der Waals surface area contributed by atoms with Crippen LogP contribution in [0.4, 0.5) is 18.9 Å². The summed E-state index contributed by atoms with van der Waals surface area (Å²) < 4.78 is 45.0. The van der Waals surface area contributed by atoms with Crippen molar-refractivity contribution in [3.05, 3.63) is 25.6 Å². The smallest absolute Gasteiger partial charge is 0.466 e. The molecular formula is C10H8F3IN2O5. The van der Waals surface area contributed by atoms with E-state index in [4.69, 9.17) is 0 Å². The Kier molecular flexibility index (Phi) is 5.69. The number of ether oxygens (including phenoxy) is 2. The van der Waals surface area contributed by atoms with E-state index >= 15 is 0 Å². The Morgan fingerprint density at radius 1 is 1.52 bits per heavy atom. The van der Waals surface area contributed by atoms with E-state index in [1.54, 1.807) is 22.6 Å². The summed E-state index contributed by atoms with van der Waals surface area (Å²) in [6.07, 6.45) is -5.73. The third-order valence-electron chi connectivity index (χ3n) is 2.02. The zero-order valence-electron chi connectivity index (χ0n) is 10.4. The summed E-state index contributed by atoms with van der Waals surface area (Å²) in [5, 5.41) is 10.9. The molecule has 0 N–H and O–H groups in total. The third-order valence-corrected chi connectivity index (χ3v) is 2.58. The van der Waals surface area contributed by atoms with Crippen molar-refractivity contribution in [3.8, 4) is 5.75 Å². The molecule has 0 saturated carbocycles. The predicted molar refractivity (Wildman–Crippen MR) is 70.6 cm³/mol. The molecule has 0 aliphatic rings. The van der Waals surface area contributed by atoms with Gasteiger partial charge in [-0.05, 0) is 29.5 Å². The molecule has 0 amide bonds. The van der Waals surface area contributed by atoms with Crippen molar-refractivity contribution in [1.82, 2.24) is 4.98 Å². The standard InChI is InChI=1S/C10H8F3IN2O5/c1-2-20-8(17)3-5-9(16(18)19)6(4-7(14)15-5)21-10(11,12)13/h4H,2-3H2,1H3. The number of alkyl halides is 3. The van der Waals surface area contributed by atoms with Gasteiger partial charge in [0.15, 0.2) is 0 Å². The summed E-state index contributed by atoms with van der Waals surface area (Å²) in [4.78, 5) is 24.9. The molecular weight excluding hydrogens is 412 g/mol. The summed E-state index contributed by atoms with van der Waals surface area (Å²) in [5.41, 5.74) is -1.47. The molecule has 1 aromatic heterocycles. The fourth-order valence-electron chi connectivity index (χ4n) is 1.40. The number of hydrogen-bond donors (Lipinski definition) is 0. The monoisotopic (exact) mass is 420 g/mol. The summed E-state index contributed by atoms with van der Waals surface area (Å²) >= 11 is 1.56. The molecule has 0 bridgehead atoms. The van der Waals surface area contributed by atoms with Gasteiger partial charge in [-0.1, -0.05) is 0 Å². The van der Waals surface area contributed by atoms with Gasteiger partial charge >= 0.3 is 18.0 Å². The van der Waals surface area contributed by atoms with Gasteiger partial charge in [0.05, 0.1) is 18.0 Å². The number of carbonyl (C=O) groups is 1. The molecule has 0 aliphatic carbocycles. The van der Waals surface area contributed by atoms with Crippen LogP contribution in [0.1, 0.15) is 12.6 Å². The second kappa shape index (κ2) is 6.87. The van der Waals surface area contributed by atoms with Crippen molar-refractivity contribution in [2.75, 3.05) is 6.61 Å². The SMILES string of the molecule is CCOC(=O)Cc1nc(I)cc(OC(F)(F)F)c1[N+](=O)[O-]. The minimum absolute atomic E-state index is 0.0109. The Balaban J connectivity index is 3.29. The maximum atomic E-state index is 12.3. The minimum Gasteiger partial charge on any atom is -0.466 e. The van der Waals surface area contributed by atoms with Crippen molar-refractivity contribution in [2.45, 2.75) is 19.7 Å². The Hall–Kier alpha value is -1.66. The highest BCUT2D eigenvalue weighted by molar-refractivity contribution is 14.1.